The molecule has 4 rings (SSSR count). The summed E-state index contributed by atoms with van der Waals surface area (Å²) in [5.74, 6) is 0.149. The van der Waals surface area contributed by atoms with Gasteiger partial charge in [0.05, 0.1) is 5.75 Å². The Morgan fingerprint density at radius 3 is 2.47 bits per heavy atom. The van der Waals surface area contributed by atoms with Crippen LogP contribution >= 0.6 is 23.4 Å². The molecule has 1 aliphatic rings. The molecule has 0 unspecified atom stereocenters. The van der Waals surface area contributed by atoms with E-state index in [9.17, 15) is 9.59 Å². The molecule has 3 aromatic rings. The molecule has 0 aromatic heterocycles. The zero-order chi connectivity index (χ0) is 21.1. The van der Waals surface area contributed by atoms with E-state index in [0.717, 1.165) is 22.4 Å². The average molecular weight is 437 g/mol. The summed E-state index contributed by atoms with van der Waals surface area (Å²) in [5.41, 5.74) is 4.20. The van der Waals surface area contributed by atoms with Gasteiger partial charge in [-0.3, -0.25) is 14.5 Å². The molecule has 152 valence electrons. The Kier molecular flexibility index (Phi) is 6.11. The quantitative estimate of drug-likeness (QED) is 0.522. The number of nitrogens with one attached hydrogen (secondary N) is 1. The van der Waals surface area contributed by atoms with Crippen LogP contribution in [0.3, 0.4) is 0 Å². The zero-order valence-corrected chi connectivity index (χ0v) is 18.0. The van der Waals surface area contributed by atoms with Crippen molar-refractivity contribution in [3.8, 4) is 0 Å². The minimum atomic E-state index is -0.801. The van der Waals surface area contributed by atoms with Crippen LogP contribution < -0.4 is 10.2 Å². The number of aryl methyl sites for hydroxylation is 1. The molecule has 1 aliphatic heterocycles. The molecule has 1 heterocycles. The third-order valence-corrected chi connectivity index (χ3v) is 6.69. The van der Waals surface area contributed by atoms with Crippen LogP contribution in [0, 0.1) is 6.92 Å². The highest BCUT2D eigenvalue weighted by molar-refractivity contribution is 8.00. The normalized spacial score (nSPS) is 17.1. The third-order valence-electron chi connectivity index (χ3n) is 5.05. The summed E-state index contributed by atoms with van der Waals surface area (Å²) in [4.78, 5) is 27.4. The summed E-state index contributed by atoms with van der Waals surface area (Å²) in [6, 6.07) is 24.7. The third kappa shape index (κ3) is 4.09. The van der Waals surface area contributed by atoms with Crippen molar-refractivity contribution in [2.75, 3.05) is 16.0 Å². The summed E-state index contributed by atoms with van der Waals surface area (Å²) >= 11 is 7.96. The predicted octanol–water partition coefficient (Wildman–Crippen LogP) is 5.69. The highest BCUT2D eigenvalue weighted by Gasteiger charge is 2.36. The fraction of sp³-hybridized carbons (Fsp3) is 0.167. The number of benzene rings is 3. The lowest BCUT2D eigenvalue weighted by Crippen LogP contribution is -2.29. The summed E-state index contributed by atoms with van der Waals surface area (Å²) in [5, 5.41) is 1.94. The number of anilines is 2. The van der Waals surface area contributed by atoms with Crippen LogP contribution in [0.25, 0.3) is 0 Å². The monoisotopic (exact) mass is 436 g/mol. The summed E-state index contributed by atoms with van der Waals surface area (Å²) < 4.78 is 0. The molecule has 0 aliphatic carbocycles. The Morgan fingerprint density at radius 2 is 1.70 bits per heavy atom. The van der Waals surface area contributed by atoms with E-state index in [-0.39, 0.29) is 17.2 Å². The van der Waals surface area contributed by atoms with Crippen LogP contribution in [0.2, 0.25) is 0 Å². The zero-order valence-electron chi connectivity index (χ0n) is 16.4. The van der Waals surface area contributed by atoms with Gasteiger partial charge in [0.25, 0.3) is 0 Å². The maximum atomic E-state index is 12.8. The van der Waals surface area contributed by atoms with Crippen LogP contribution in [0.15, 0.2) is 78.9 Å². The van der Waals surface area contributed by atoms with Crippen LogP contribution in [-0.4, -0.2) is 17.6 Å². The van der Waals surface area contributed by atoms with E-state index in [2.05, 4.69) is 5.32 Å². The molecule has 0 bridgehead atoms. The van der Waals surface area contributed by atoms with Crippen molar-refractivity contribution in [2.45, 2.75) is 17.7 Å². The Morgan fingerprint density at radius 1 is 1.03 bits per heavy atom. The first kappa shape index (κ1) is 20.5. The molecule has 0 saturated carbocycles. The number of rotatable bonds is 5. The van der Waals surface area contributed by atoms with Gasteiger partial charge < -0.3 is 5.32 Å². The van der Waals surface area contributed by atoms with E-state index in [1.165, 1.54) is 0 Å². The van der Waals surface area contributed by atoms with Crippen molar-refractivity contribution in [3.05, 3.63) is 95.6 Å². The molecule has 2 atom stereocenters. The Hall–Kier alpha value is -2.76. The molecule has 4 nitrogen and oxygen atoms in total. The Labute approximate surface area is 185 Å². The van der Waals surface area contributed by atoms with Crippen LogP contribution in [0.5, 0.6) is 0 Å². The van der Waals surface area contributed by atoms with E-state index >= 15 is 0 Å². The fourth-order valence-electron chi connectivity index (χ4n) is 3.54. The van der Waals surface area contributed by atoms with Crippen molar-refractivity contribution in [1.29, 1.82) is 0 Å². The lowest BCUT2D eigenvalue weighted by Gasteiger charge is -2.27. The van der Waals surface area contributed by atoms with Gasteiger partial charge in [-0.1, -0.05) is 66.7 Å². The second kappa shape index (κ2) is 8.94. The SMILES string of the molecule is Cc1ccccc1N1C(=O)CS[C@@H]1c1ccccc1NC(=O)[C@H](Cl)c1ccccc1. The molecule has 2 amide bonds. The van der Waals surface area contributed by atoms with Crippen LogP contribution in [0.1, 0.15) is 27.4 Å². The van der Waals surface area contributed by atoms with Gasteiger partial charge in [0.2, 0.25) is 11.8 Å². The number of para-hydroxylation sites is 2. The largest absolute Gasteiger partial charge is 0.324 e. The number of halogens is 1. The smallest absolute Gasteiger partial charge is 0.246 e. The van der Waals surface area contributed by atoms with Crippen molar-refractivity contribution >= 4 is 46.6 Å². The molecule has 3 aromatic carbocycles. The number of hydrogen-bond donors (Lipinski definition) is 1. The van der Waals surface area contributed by atoms with Gasteiger partial charge in [0.1, 0.15) is 10.8 Å². The highest BCUT2D eigenvalue weighted by Crippen LogP contribution is 2.45. The van der Waals surface area contributed by atoms with E-state index in [1.54, 1.807) is 11.8 Å². The molecule has 30 heavy (non-hydrogen) atoms. The fourth-order valence-corrected chi connectivity index (χ4v) is 4.95. The maximum Gasteiger partial charge on any atom is 0.246 e. The van der Waals surface area contributed by atoms with E-state index in [0.29, 0.717) is 11.4 Å². The van der Waals surface area contributed by atoms with E-state index in [1.807, 2.05) is 90.7 Å². The molecule has 1 N–H and O–H groups in total. The van der Waals surface area contributed by atoms with Crippen LogP contribution in [-0.2, 0) is 9.59 Å². The number of hydrogen-bond acceptors (Lipinski definition) is 3. The minimum absolute atomic E-state index is 0.0555. The van der Waals surface area contributed by atoms with E-state index in [4.69, 9.17) is 11.6 Å². The number of thioether (sulfide) groups is 1. The minimum Gasteiger partial charge on any atom is -0.324 e. The van der Waals surface area contributed by atoms with Gasteiger partial charge in [0.15, 0.2) is 0 Å². The standard InChI is InChI=1S/C24H21ClN2O2S/c1-16-9-5-8-14-20(16)27-21(28)15-30-24(27)18-12-6-7-13-19(18)26-23(29)22(25)17-10-3-2-4-11-17/h2-14,22,24H,15H2,1H3,(H,26,29)/t22-,24-/m1/s1. The summed E-state index contributed by atoms with van der Waals surface area (Å²) in [7, 11) is 0. The Balaban J connectivity index is 1.64. The molecule has 1 fully saturated rings. The summed E-state index contributed by atoms with van der Waals surface area (Å²) in [6.07, 6.45) is 0. The van der Waals surface area contributed by atoms with Crippen molar-refractivity contribution in [2.24, 2.45) is 0 Å². The number of alkyl halides is 1. The average Bonchev–Trinajstić information content (AvgIpc) is 3.15. The topological polar surface area (TPSA) is 49.4 Å². The molecule has 0 spiro atoms. The second-order valence-corrected chi connectivity index (χ2v) is 8.57. The number of nitrogens with zero attached hydrogens (tertiary/aromatic N) is 1. The van der Waals surface area contributed by atoms with Gasteiger partial charge in [-0.2, -0.15) is 0 Å². The number of amides is 2. The number of carbonyl (C=O) groups is 2. The first-order valence-electron chi connectivity index (χ1n) is 9.64. The molecule has 6 heteroatoms. The van der Waals surface area contributed by atoms with Crippen molar-refractivity contribution in [1.82, 2.24) is 0 Å². The summed E-state index contributed by atoms with van der Waals surface area (Å²) in [6.45, 7) is 1.99. The van der Waals surface area contributed by atoms with Gasteiger partial charge in [-0.15, -0.1) is 23.4 Å². The molecular weight excluding hydrogens is 416 g/mol. The van der Waals surface area contributed by atoms with E-state index < -0.39 is 5.38 Å². The van der Waals surface area contributed by atoms with Crippen molar-refractivity contribution in [3.63, 3.8) is 0 Å². The Bertz CT molecular complexity index is 1070. The van der Waals surface area contributed by atoms with Gasteiger partial charge >= 0.3 is 0 Å². The van der Waals surface area contributed by atoms with Gasteiger partial charge in [-0.25, -0.2) is 0 Å². The first-order valence-corrected chi connectivity index (χ1v) is 11.1. The van der Waals surface area contributed by atoms with Gasteiger partial charge in [0, 0.05) is 16.9 Å². The lowest BCUT2D eigenvalue weighted by atomic mass is 10.1. The lowest BCUT2D eigenvalue weighted by molar-refractivity contribution is -0.116. The first-order chi connectivity index (χ1) is 14.6. The van der Waals surface area contributed by atoms with Crippen molar-refractivity contribution < 1.29 is 9.59 Å². The van der Waals surface area contributed by atoms with Gasteiger partial charge in [-0.05, 0) is 30.2 Å². The van der Waals surface area contributed by atoms with Crippen LogP contribution in [0.4, 0.5) is 11.4 Å². The second-order valence-electron chi connectivity index (χ2n) is 7.06. The highest BCUT2D eigenvalue weighted by atomic mass is 35.5. The molecular formula is C24H21ClN2O2S. The predicted molar refractivity (Wildman–Crippen MR) is 124 cm³/mol. The molecule has 0 radical (unpaired) electrons. The maximum absolute atomic E-state index is 12.8. The number of carbonyl (C=O) groups excluding carboxylic acids is 2. The molecule has 1 saturated heterocycles.